The Bertz CT molecular complexity index is 3460. The maximum Gasteiger partial charge on any atom is 0.303 e. The van der Waals surface area contributed by atoms with Crippen LogP contribution in [0.2, 0.25) is 0 Å². The van der Waals surface area contributed by atoms with E-state index in [2.05, 4.69) is 42.5 Å². The lowest BCUT2D eigenvalue weighted by atomic mass is 9.82. The van der Waals surface area contributed by atoms with Gasteiger partial charge in [0.25, 0.3) is 0 Å². The maximum atomic E-state index is 14.3. The highest BCUT2D eigenvalue weighted by atomic mass is 16.7. The fraction of sp³-hybridized carbons (Fsp3) is 0.826. The van der Waals surface area contributed by atoms with E-state index >= 15 is 0 Å². The third-order valence-electron chi connectivity index (χ3n) is 22.2. The Hall–Kier alpha value is -8.63. The highest BCUT2D eigenvalue weighted by Crippen LogP contribution is 2.36. The molecule has 21 unspecified atom stereocenters. The Balaban J connectivity index is 1.37. The zero-order valence-electron chi connectivity index (χ0n) is 79.8. The maximum absolute atomic E-state index is 14.3. The lowest BCUT2D eigenvalue weighted by Crippen LogP contribution is -2.62. The molecule has 0 aromatic heterocycles. The number of carbonyl (C=O) groups excluding carboxylic acids is 15. The van der Waals surface area contributed by atoms with Gasteiger partial charge in [-0.25, -0.2) is 0 Å². The molecule has 47 heteroatoms. The van der Waals surface area contributed by atoms with Crippen molar-refractivity contribution in [1.29, 1.82) is 0 Å². The minimum Gasteiger partial charge on any atom is -0.463 e. The van der Waals surface area contributed by atoms with Gasteiger partial charge in [-0.1, -0.05) is 48.5 Å². The Morgan fingerprint density at radius 1 is 0.301 bits per heavy atom. The van der Waals surface area contributed by atoms with Gasteiger partial charge in [0, 0.05) is 101 Å². The molecule has 133 heavy (non-hydrogen) atoms. The number of hydrogen-bond donors (Lipinski definition) is 9. The van der Waals surface area contributed by atoms with Crippen LogP contribution in [0.15, 0.2) is 0 Å². The Morgan fingerprint density at radius 3 is 0.805 bits per heavy atom. The topological polar surface area (TPSA) is 579 Å². The summed E-state index contributed by atoms with van der Waals surface area (Å²) in [5.41, 5.74) is 6.50. The van der Waals surface area contributed by atoms with E-state index in [4.69, 9.17) is 105 Å². The Kier molecular flexibility index (Phi) is 57.2. The van der Waals surface area contributed by atoms with Gasteiger partial charge in [-0.3, -0.25) is 71.9 Å². The minimum atomic E-state index is -1.53. The molecule has 4 rings (SSSR count). The van der Waals surface area contributed by atoms with Crippen LogP contribution in [0.25, 0.3) is 0 Å². The normalized spacial score (nSPS) is 25.2. The van der Waals surface area contributed by atoms with Gasteiger partial charge in [0.2, 0.25) is 59.1 Å². The average molecular weight is 1910 g/mol. The van der Waals surface area contributed by atoms with Crippen LogP contribution < -0.4 is 48.3 Å². The van der Waals surface area contributed by atoms with Crippen molar-refractivity contribution in [3.63, 3.8) is 0 Å². The van der Waals surface area contributed by atoms with Crippen molar-refractivity contribution in [2.45, 2.75) is 210 Å². The van der Waals surface area contributed by atoms with Crippen molar-refractivity contribution in [3.05, 3.63) is 0 Å². The van der Waals surface area contributed by atoms with E-state index in [9.17, 15) is 71.9 Å². The number of carbonyl (C=O) groups is 15. The van der Waals surface area contributed by atoms with E-state index in [1.807, 2.05) is 41.5 Å². The van der Waals surface area contributed by atoms with E-state index in [1.54, 1.807) is 6.92 Å². The van der Waals surface area contributed by atoms with Crippen LogP contribution in [0.3, 0.4) is 0 Å². The molecule has 21 atom stereocenters. The summed E-state index contributed by atoms with van der Waals surface area (Å²) in [7, 11) is 0. The molecular formula is C86H147N11O36. The number of nitrogens with two attached hydrogens (primary N) is 1. The summed E-state index contributed by atoms with van der Waals surface area (Å²) in [6.07, 6.45) is -7.84. The van der Waals surface area contributed by atoms with E-state index in [0.717, 1.165) is 9.80 Å². The molecular weight excluding hydrogens is 1760 g/mol. The fourth-order valence-electron chi connectivity index (χ4n) is 14.6. The van der Waals surface area contributed by atoms with Crippen molar-refractivity contribution < 1.29 is 171 Å². The molecule has 762 valence electrons. The first-order valence-corrected chi connectivity index (χ1v) is 45.2. The van der Waals surface area contributed by atoms with Gasteiger partial charge in [-0.05, 0) is 41.9 Å². The quantitative estimate of drug-likeness (QED) is 0.0166. The first-order chi connectivity index (χ1) is 63.3. The summed E-state index contributed by atoms with van der Waals surface area (Å²) in [5.74, 6) is -9.49. The van der Waals surface area contributed by atoms with Crippen molar-refractivity contribution in [2.24, 2.45) is 47.2 Å². The Labute approximate surface area is 777 Å². The molecule has 4 heterocycles. The number of nitrogens with zero attached hydrogens (tertiary/aromatic N) is 2. The van der Waals surface area contributed by atoms with E-state index in [-0.39, 0.29) is 238 Å². The van der Waals surface area contributed by atoms with Crippen molar-refractivity contribution in [1.82, 2.24) is 52.3 Å². The largest absolute Gasteiger partial charge is 0.463 e. The Morgan fingerprint density at radius 2 is 0.541 bits per heavy atom. The zero-order valence-corrected chi connectivity index (χ0v) is 79.8. The predicted molar refractivity (Wildman–Crippen MR) is 464 cm³/mol. The van der Waals surface area contributed by atoms with E-state index in [0.29, 0.717) is 0 Å². The molecule has 0 spiro atoms. The second kappa shape index (κ2) is 65.2. The molecule has 0 radical (unpaired) electrons. The number of nitrogens with one attached hydrogen (secondary N) is 8. The van der Waals surface area contributed by atoms with Crippen LogP contribution in [-0.4, -0.2) is 396 Å². The molecule has 47 nitrogen and oxygen atoms in total. The molecule has 0 aromatic carbocycles. The monoisotopic (exact) mass is 1910 g/mol. The van der Waals surface area contributed by atoms with Gasteiger partial charge >= 0.3 is 29.8 Å². The first kappa shape index (κ1) is 117. The highest BCUT2D eigenvalue weighted by molar-refractivity contribution is 5.92. The second-order valence-electron chi connectivity index (χ2n) is 32.7. The van der Waals surface area contributed by atoms with Crippen LogP contribution >= 0.6 is 0 Å². The molecule has 10 N–H and O–H groups in total. The first-order valence-electron chi connectivity index (χ1n) is 45.2. The van der Waals surface area contributed by atoms with Crippen LogP contribution in [-0.2, 0) is 171 Å². The molecule has 10 amide bonds. The van der Waals surface area contributed by atoms with Gasteiger partial charge < -0.3 is 158 Å². The van der Waals surface area contributed by atoms with Gasteiger partial charge in [0.1, 0.15) is 64.8 Å². The van der Waals surface area contributed by atoms with Gasteiger partial charge in [0.15, 0.2) is 25.2 Å². The number of rotatable bonds is 65. The predicted octanol–water partition coefficient (Wildman–Crippen LogP) is -3.03. The smallest absolute Gasteiger partial charge is 0.303 e. The number of hydrogen-bond acceptors (Lipinski definition) is 37. The van der Waals surface area contributed by atoms with Gasteiger partial charge in [-0.2, -0.15) is 0 Å². The van der Waals surface area contributed by atoms with Gasteiger partial charge in [-0.15, -0.1) is 0 Å². The van der Waals surface area contributed by atoms with Crippen LogP contribution in [0.1, 0.15) is 124 Å². The zero-order chi connectivity index (χ0) is 98.5. The summed E-state index contributed by atoms with van der Waals surface area (Å²) in [5, 5.41) is 22.0. The summed E-state index contributed by atoms with van der Waals surface area (Å²) < 4.78 is 120. The van der Waals surface area contributed by atoms with E-state index < -0.39 is 202 Å². The molecule has 0 aliphatic carbocycles. The highest BCUT2D eigenvalue weighted by Gasteiger charge is 2.49. The second-order valence-corrected chi connectivity index (χ2v) is 32.7. The summed E-state index contributed by atoms with van der Waals surface area (Å²) >= 11 is 0. The van der Waals surface area contributed by atoms with Crippen LogP contribution in [0.4, 0.5) is 0 Å². The number of ether oxygens (including phenoxy) is 21. The van der Waals surface area contributed by atoms with Crippen LogP contribution in [0, 0.1) is 41.4 Å². The van der Waals surface area contributed by atoms with Crippen LogP contribution in [0.5, 0.6) is 0 Å². The molecule has 4 fully saturated rings. The minimum absolute atomic E-state index is 0.00654. The standard InChI is InChI=1S/C86H147N11O36/c1-51-54(4)77(92-58(8)98)83(130-68(51)47-125-62(12)102)121-39-35-117-31-27-113-23-19-88-72(107)43-96(44-73(108)89-20-24-114-28-34-120-38-42-124-86-80(95-61(11)101)57(7)81(129-66(16)106)71(133-86)50-128-65(15)105)76(111)18-17-67(87)82(112)97(45-74(109)90-21-25-115-29-32-118-36-40-122-84-78(93-59(9)99)55(5)52(2)69(131-84)48-126-63(13)103)46-75(110)91-22-26-116-30-33-119-37-41-123-85-79(94-60(10)100)56(6)53(3)70(132-85)49-127-64(14)104/h51-57,67-71,77-81,83-86H,17-50,87H2,1-16H3,(H,88,107)(H,89,108)(H,90,109)(H,91,110)(H,92,98)(H,93,99)(H,94,100)(H,95,101). The summed E-state index contributed by atoms with van der Waals surface area (Å²) in [4.78, 5) is 192. The number of amides is 10. The van der Waals surface area contributed by atoms with Crippen molar-refractivity contribution in [2.75, 3.05) is 211 Å². The third kappa shape index (κ3) is 47.1. The van der Waals surface area contributed by atoms with Gasteiger partial charge in [0.05, 0.1) is 181 Å². The third-order valence-corrected chi connectivity index (χ3v) is 22.2. The number of esters is 5. The lowest BCUT2D eigenvalue weighted by molar-refractivity contribution is -0.264. The lowest BCUT2D eigenvalue weighted by Gasteiger charge is -2.44. The van der Waals surface area contributed by atoms with E-state index in [1.165, 1.54) is 62.3 Å². The molecule has 4 aliphatic rings. The molecule has 0 saturated carbocycles. The average Bonchev–Trinajstić information content (AvgIpc) is 0.797. The molecule has 0 aromatic rings. The molecule has 4 saturated heterocycles. The molecule has 0 bridgehead atoms. The fourth-order valence-corrected chi connectivity index (χ4v) is 14.6. The summed E-state index contributed by atoms with van der Waals surface area (Å²) in [6, 6.07) is -3.79. The molecule has 4 aliphatic heterocycles. The van der Waals surface area contributed by atoms with Crippen molar-refractivity contribution >= 4 is 88.9 Å². The SMILES string of the molecule is CC(=O)NC1C(OCCOCCOCCNC(=O)CN(CC(=O)NCCOCCOCCOC2OC(COC(C)=O)C(OC(C)=O)C(C)C2NC(C)=O)C(=O)CCC(N)C(=O)N(CC(=O)NCCOCCOCCOC2OC(COC(C)=O)C(C)C(C)C2NC(C)=O)CC(=O)NCCOCCOCCOC2OC(COC(C)=O)C(C)C(C)C2NC(C)=O)OC(COC(C)=O)C(C)C1C. The summed E-state index contributed by atoms with van der Waals surface area (Å²) in [6.45, 7) is 23.2. The van der Waals surface area contributed by atoms with Crippen molar-refractivity contribution in [3.8, 4) is 0 Å².